The fraction of sp³-hybridized carbons (Fsp3) is 0.400. The largest absolute Gasteiger partial charge is 0.367 e. The molecule has 0 amide bonds. The summed E-state index contributed by atoms with van der Waals surface area (Å²) in [4.78, 5) is 8.75. The molecule has 86 valence electrons. The molecule has 6 heteroatoms. The van der Waals surface area contributed by atoms with E-state index in [-0.39, 0.29) is 0 Å². The van der Waals surface area contributed by atoms with Gasteiger partial charge in [-0.3, -0.25) is 4.40 Å². The summed E-state index contributed by atoms with van der Waals surface area (Å²) < 4.78 is 3.89. The maximum absolute atomic E-state index is 4.41. The van der Waals surface area contributed by atoms with Gasteiger partial charge in [0.1, 0.15) is 8.30 Å². The molecule has 4 nitrogen and oxygen atoms in total. The summed E-state index contributed by atoms with van der Waals surface area (Å²) in [6, 6.07) is 0. The molecule has 2 aromatic heterocycles. The second-order valence-electron chi connectivity index (χ2n) is 3.96. The average molecular weight is 395 g/mol. The van der Waals surface area contributed by atoms with Crippen LogP contribution >= 0.6 is 38.5 Å². The predicted octanol–water partition coefficient (Wildman–Crippen LogP) is 3.16. The Morgan fingerprint density at radius 1 is 1.56 bits per heavy atom. The normalized spacial score (nSPS) is 11.3. The van der Waals surface area contributed by atoms with E-state index in [1.807, 2.05) is 16.8 Å². The van der Waals surface area contributed by atoms with Gasteiger partial charge in [0.2, 0.25) is 0 Å². The van der Waals surface area contributed by atoms with E-state index in [1.54, 1.807) is 0 Å². The Hall–Kier alpha value is -0.370. The van der Waals surface area contributed by atoms with E-state index >= 15 is 0 Å². The molecule has 0 aromatic carbocycles. The van der Waals surface area contributed by atoms with Crippen molar-refractivity contribution in [3.05, 3.63) is 20.7 Å². The quantitative estimate of drug-likeness (QED) is 0.813. The van der Waals surface area contributed by atoms with Crippen molar-refractivity contribution in [1.29, 1.82) is 0 Å². The number of nitrogens with one attached hydrogen (secondary N) is 1. The zero-order valence-electron chi connectivity index (χ0n) is 9.04. The molecule has 2 rings (SSSR count). The third-order valence-electron chi connectivity index (χ3n) is 2.10. The molecular weight excluding hydrogens is 383 g/mol. The maximum Gasteiger partial charge on any atom is 0.181 e. The van der Waals surface area contributed by atoms with Gasteiger partial charge >= 0.3 is 0 Å². The minimum Gasteiger partial charge on any atom is -0.367 e. The SMILES string of the molecule is CC(C)CNc1nc(Br)cn2c(I)cnc12. The summed E-state index contributed by atoms with van der Waals surface area (Å²) in [6.45, 7) is 5.22. The van der Waals surface area contributed by atoms with Gasteiger partial charge in [-0.25, -0.2) is 9.97 Å². The Balaban J connectivity index is 2.43. The van der Waals surface area contributed by atoms with Gasteiger partial charge in [0.05, 0.1) is 6.20 Å². The van der Waals surface area contributed by atoms with Gasteiger partial charge in [-0.2, -0.15) is 0 Å². The van der Waals surface area contributed by atoms with Crippen LogP contribution in [0.3, 0.4) is 0 Å². The Morgan fingerprint density at radius 2 is 2.31 bits per heavy atom. The smallest absolute Gasteiger partial charge is 0.181 e. The first-order valence-electron chi connectivity index (χ1n) is 5.01. The number of imidazole rings is 1. The first-order chi connectivity index (χ1) is 7.58. The van der Waals surface area contributed by atoms with E-state index in [2.05, 4.69) is 67.7 Å². The van der Waals surface area contributed by atoms with Crippen LogP contribution in [0.25, 0.3) is 5.65 Å². The second-order valence-corrected chi connectivity index (χ2v) is 5.88. The van der Waals surface area contributed by atoms with Crippen LogP contribution in [0.5, 0.6) is 0 Å². The highest BCUT2D eigenvalue weighted by Crippen LogP contribution is 2.20. The standard InChI is InChI=1S/C10H12BrIN4/c1-6(2)3-13-9-10-14-4-8(12)16(10)5-7(11)15-9/h4-6H,3H2,1-2H3,(H,13,15). The minimum atomic E-state index is 0.579. The van der Waals surface area contributed by atoms with Gasteiger partial charge in [-0.05, 0) is 44.4 Å². The van der Waals surface area contributed by atoms with Crippen LogP contribution in [0, 0.1) is 9.62 Å². The van der Waals surface area contributed by atoms with E-state index < -0.39 is 0 Å². The molecule has 0 fully saturated rings. The molecule has 0 saturated heterocycles. The first kappa shape index (κ1) is 12.1. The van der Waals surface area contributed by atoms with Crippen molar-refractivity contribution in [1.82, 2.24) is 14.4 Å². The molecule has 2 heterocycles. The number of fused-ring (bicyclic) bond motifs is 1. The third kappa shape index (κ3) is 2.48. The summed E-state index contributed by atoms with van der Waals surface area (Å²) in [6.07, 6.45) is 3.76. The van der Waals surface area contributed by atoms with Crippen molar-refractivity contribution in [3.8, 4) is 0 Å². The Morgan fingerprint density at radius 3 is 3.00 bits per heavy atom. The van der Waals surface area contributed by atoms with Crippen LogP contribution in [0.15, 0.2) is 17.0 Å². The van der Waals surface area contributed by atoms with E-state index in [9.17, 15) is 0 Å². The van der Waals surface area contributed by atoms with Crippen molar-refractivity contribution >= 4 is 50.0 Å². The summed E-state index contributed by atoms with van der Waals surface area (Å²) in [5.74, 6) is 1.40. The van der Waals surface area contributed by atoms with Crippen molar-refractivity contribution in [2.24, 2.45) is 5.92 Å². The highest BCUT2D eigenvalue weighted by atomic mass is 127. The highest BCUT2D eigenvalue weighted by molar-refractivity contribution is 14.1. The monoisotopic (exact) mass is 394 g/mol. The summed E-state index contributed by atoms with van der Waals surface area (Å²) in [5.41, 5.74) is 0.869. The number of nitrogens with zero attached hydrogens (tertiary/aromatic N) is 3. The molecule has 2 aromatic rings. The number of hydrogen-bond donors (Lipinski definition) is 1. The summed E-state index contributed by atoms with van der Waals surface area (Å²) in [7, 11) is 0. The molecule has 0 aliphatic heterocycles. The lowest BCUT2D eigenvalue weighted by Crippen LogP contribution is -2.10. The van der Waals surface area contributed by atoms with Crippen LogP contribution in [0.4, 0.5) is 5.82 Å². The van der Waals surface area contributed by atoms with Crippen LogP contribution in [-0.2, 0) is 0 Å². The van der Waals surface area contributed by atoms with Crippen LogP contribution in [-0.4, -0.2) is 20.9 Å². The molecule has 0 saturated carbocycles. The fourth-order valence-corrected chi connectivity index (χ4v) is 2.24. The van der Waals surface area contributed by atoms with Gasteiger partial charge in [-0.1, -0.05) is 13.8 Å². The molecule has 0 atom stereocenters. The average Bonchev–Trinajstić information content (AvgIpc) is 2.57. The van der Waals surface area contributed by atoms with E-state index in [1.165, 1.54) is 0 Å². The Bertz CT molecular complexity index is 509. The lowest BCUT2D eigenvalue weighted by molar-refractivity contribution is 0.687. The molecule has 1 N–H and O–H groups in total. The minimum absolute atomic E-state index is 0.579. The van der Waals surface area contributed by atoms with Crippen molar-refractivity contribution in [2.75, 3.05) is 11.9 Å². The number of halogens is 2. The summed E-state index contributed by atoms with van der Waals surface area (Å²) >= 11 is 5.66. The van der Waals surface area contributed by atoms with E-state index in [0.717, 1.165) is 26.3 Å². The maximum atomic E-state index is 4.41. The molecular formula is C10H12BrIN4. The lowest BCUT2D eigenvalue weighted by Gasteiger charge is -2.09. The van der Waals surface area contributed by atoms with Crippen molar-refractivity contribution in [2.45, 2.75) is 13.8 Å². The van der Waals surface area contributed by atoms with Gasteiger partial charge in [0, 0.05) is 12.7 Å². The molecule has 0 aliphatic rings. The van der Waals surface area contributed by atoms with Crippen LogP contribution < -0.4 is 5.32 Å². The molecule has 0 radical (unpaired) electrons. The van der Waals surface area contributed by atoms with Crippen molar-refractivity contribution in [3.63, 3.8) is 0 Å². The van der Waals surface area contributed by atoms with Gasteiger partial charge in [0.25, 0.3) is 0 Å². The predicted molar refractivity (Wildman–Crippen MR) is 76.7 cm³/mol. The number of hydrogen-bond acceptors (Lipinski definition) is 3. The fourth-order valence-electron chi connectivity index (χ4n) is 1.35. The topological polar surface area (TPSA) is 42.2 Å². The van der Waals surface area contributed by atoms with Gasteiger partial charge in [-0.15, -0.1) is 0 Å². The number of rotatable bonds is 3. The molecule has 0 bridgehead atoms. The number of aromatic nitrogens is 3. The Labute approximate surface area is 116 Å². The highest BCUT2D eigenvalue weighted by Gasteiger charge is 2.09. The van der Waals surface area contributed by atoms with Crippen LogP contribution in [0.1, 0.15) is 13.8 Å². The number of anilines is 1. The third-order valence-corrected chi connectivity index (χ3v) is 3.28. The molecule has 0 spiro atoms. The molecule has 0 unspecified atom stereocenters. The summed E-state index contributed by atoms with van der Waals surface area (Å²) in [5, 5.41) is 3.31. The molecule has 0 aliphatic carbocycles. The van der Waals surface area contributed by atoms with Gasteiger partial charge < -0.3 is 5.32 Å². The Kier molecular flexibility index (Phi) is 3.68. The second kappa shape index (κ2) is 4.87. The zero-order chi connectivity index (χ0) is 11.7. The van der Waals surface area contributed by atoms with E-state index in [0.29, 0.717) is 5.92 Å². The van der Waals surface area contributed by atoms with Crippen LogP contribution in [0.2, 0.25) is 0 Å². The molecule has 16 heavy (non-hydrogen) atoms. The van der Waals surface area contributed by atoms with Gasteiger partial charge in [0.15, 0.2) is 11.5 Å². The zero-order valence-corrected chi connectivity index (χ0v) is 12.8. The van der Waals surface area contributed by atoms with E-state index in [4.69, 9.17) is 0 Å². The first-order valence-corrected chi connectivity index (χ1v) is 6.88. The van der Waals surface area contributed by atoms with Crippen molar-refractivity contribution < 1.29 is 0 Å². The lowest BCUT2D eigenvalue weighted by atomic mass is 10.2.